The fourth-order valence-corrected chi connectivity index (χ4v) is 9.14. The van der Waals surface area contributed by atoms with Crippen molar-refractivity contribution in [2.45, 2.75) is 64.3 Å². The van der Waals surface area contributed by atoms with E-state index in [9.17, 15) is 9.59 Å². The molecule has 1 aliphatic heterocycles. The van der Waals surface area contributed by atoms with Gasteiger partial charge in [0.1, 0.15) is 24.9 Å². The highest BCUT2D eigenvalue weighted by Crippen LogP contribution is 2.37. The van der Waals surface area contributed by atoms with Crippen LogP contribution in [0.1, 0.15) is 34.6 Å². The Balaban J connectivity index is 1.83. The predicted molar refractivity (Wildman–Crippen MR) is 147 cm³/mol. The summed E-state index contributed by atoms with van der Waals surface area (Å²) in [5.41, 5.74) is 0. The number of rotatable bonds is 10. The molecule has 0 fully saturated rings. The Morgan fingerprint density at radius 2 is 1.55 bits per heavy atom. The van der Waals surface area contributed by atoms with Crippen LogP contribution in [0.2, 0.25) is 5.04 Å². The van der Waals surface area contributed by atoms with E-state index in [1.165, 1.54) is 13.8 Å². The van der Waals surface area contributed by atoms with Crippen LogP contribution in [0.3, 0.4) is 0 Å². The highest BCUT2D eigenvalue weighted by atomic mass is 28.4. The highest BCUT2D eigenvalue weighted by Gasteiger charge is 2.50. The van der Waals surface area contributed by atoms with E-state index in [1.54, 1.807) is 12.2 Å². The van der Waals surface area contributed by atoms with Gasteiger partial charge in [-0.1, -0.05) is 87.4 Å². The lowest BCUT2D eigenvalue weighted by atomic mass is 10.1. The van der Waals surface area contributed by atoms with Crippen molar-refractivity contribution in [2.75, 3.05) is 13.2 Å². The van der Waals surface area contributed by atoms with Crippen LogP contribution in [0.4, 0.5) is 0 Å². The Morgan fingerprint density at radius 3 is 2.03 bits per heavy atom. The van der Waals surface area contributed by atoms with Crippen LogP contribution in [0, 0.1) is 12.3 Å². The van der Waals surface area contributed by atoms with Crippen LogP contribution in [-0.4, -0.2) is 58.1 Å². The monoisotopic (exact) mass is 536 g/mol. The van der Waals surface area contributed by atoms with Gasteiger partial charge >= 0.3 is 11.9 Å². The van der Waals surface area contributed by atoms with Gasteiger partial charge in [-0.05, 0) is 27.6 Å². The summed E-state index contributed by atoms with van der Waals surface area (Å²) in [5, 5.41) is 2.05. The molecule has 0 aromatic heterocycles. The molecule has 2 aromatic carbocycles. The number of carbonyl (C=O) groups excluding carboxylic acids is 2. The zero-order valence-electron chi connectivity index (χ0n) is 22.6. The van der Waals surface area contributed by atoms with Crippen LogP contribution < -0.4 is 10.4 Å². The molecule has 1 aliphatic rings. The molecule has 3 rings (SSSR count). The lowest BCUT2D eigenvalue weighted by molar-refractivity contribution is -0.205. The molecule has 0 saturated heterocycles. The molecule has 202 valence electrons. The molecule has 8 heteroatoms. The third-order valence-electron chi connectivity index (χ3n) is 6.24. The Labute approximate surface area is 226 Å². The van der Waals surface area contributed by atoms with Crippen molar-refractivity contribution in [1.82, 2.24) is 0 Å². The first-order valence-corrected chi connectivity index (χ1v) is 14.5. The Bertz CT molecular complexity index is 1100. The summed E-state index contributed by atoms with van der Waals surface area (Å²) in [6.07, 6.45) is 6.12. The molecule has 0 N–H and O–H groups in total. The van der Waals surface area contributed by atoms with E-state index in [0.717, 1.165) is 10.4 Å². The molecule has 0 amide bonds. The van der Waals surface area contributed by atoms with E-state index < -0.39 is 44.9 Å². The summed E-state index contributed by atoms with van der Waals surface area (Å²) in [6.45, 7) is 9.20. The number of carbonyl (C=O) groups is 2. The molecular formula is C30H36O7Si. The fraction of sp³-hybridized carbons (Fsp3) is 0.400. The third kappa shape index (κ3) is 7.20. The SMILES string of the molecule is C#CC(CO[Si](c1ccccc1)(c1ccccc1)C(C)(C)C)O[C@@H]1C=C[C@H](OC(C)=O)C(COC(C)=O)O1. The van der Waals surface area contributed by atoms with Gasteiger partial charge in [0.2, 0.25) is 0 Å². The number of ether oxygens (including phenoxy) is 4. The second kappa shape index (κ2) is 13.0. The standard InChI is InChI=1S/C30H36O7Si/c1-7-24(36-29-19-18-27(35-23(3)32)28(37-29)21-33-22(2)31)20-34-38(30(4,5)6,25-14-10-8-11-15-25)26-16-12-9-13-17-26/h1,8-19,24,27-29H,20-21H2,2-6H3/t24?,27-,28?,29-/m0/s1. The van der Waals surface area contributed by atoms with E-state index in [-0.39, 0.29) is 18.3 Å². The summed E-state index contributed by atoms with van der Waals surface area (Å²) in [6, 6.07) is 20.5. The molecule has 0 saturated carbocycles. The molecule has 38 heavy (non-hydrogen) atoms. The number of terminal acetylenes is 1. The van der Waals surface area contributed by atoms with E-state index >= 15 is 0 Å². The lowest BCUT2D eigenvalue weighted by Gasteiger charge is -2.43. The summed E-state index contributed by atoms with van der Waals surface area (Å²) >= 11 is 0. The third-order valence-corrected chi connectivity index (χ3v) is 11.2. The van der Waals surface area contributed by atoms with Gasteiger partial charge in [0.15, 0.2) is 6.29 Å². The van der Waals surface area contributed by atoms with Crippen LogP contribution >= 0.6 is 0 Å². The zero-order valence-corrected chi connectivity index (χ0v) is 23.6. The second-order valence-corrected chi connectivity index (χ2v) is 14.4. The van der Waals surface area contributed by atoms with Gasteiger partial charge in [-0.25, -0.2) is 0 Å². The average molecular weight is 537 g/mol. The summed E-state index contributed by atoms with van der Waals surface area (Å²) < 4.78 is 29.3. The maximum absolute atomic E-state index is 11.5. The van der Waals surface area contributed by atoms with Gasteiger partial charge in [0.05, 0.1) is 6.61 Å². The first-order valence-electron chi connectivity index (χ1n) is 12.6. The van der Waals surface area contributed by atoms with Crippen molar-refractivity contribution >= 4 is 30.6 Å². The number of hydrogen-bond donors (Lipinski definition) is 0. The molecule has 0 bridgehead atoms. The average Bonchev–Trinajstić information content (AvgIpc) is 2.88. The Morgan fingerprint density at radius 1 is 0.974 bits per heavy atom. The Hall–Kier alpha value is -3.22. The van der Waals surface area contributed by atoms with Gasteiger partial charge in [-0.3, -0.25) is 9.59 Å². The highest BCUT2D eigenvalue weighted by molar-refractivity contribution is 6.99. The maximum atomic E-state index is 11.5. The number of benzene rings is 2. The van der Waals surface area contributed by atoms with Gasteiger partial charge in [-0.15, -0.1) is 6.42 Å². The van der Waals surface area contributed by atoms with E-state index in [1.807, 2.05) is 36.4 Å². The Kier molecular flexibility index (Phi) is 10.1. The second-order valence-electron chi connectivity index (χ2n) is 10.1. The van der Waals surface area contributed by atoms with E-state index in [4.69, 9.17) is 29.8 Å². The lowest BCUT2D eigenvalue weighted by Crippen LogP contribution is -2.67. The topological polar surface area (TPSA) is 80.3 Å². The molecule has 0 spiro atoms. The predicted octanol–water partition coefficient (Wildman–Crippen LogP) is 3.36. The van der Waals surface area contributed by atoms with Gasteiger partial charge in [0, 0.05) is 13.8 Å². The normalized spacial score (nSPS) is 20.3. The van der Waals surface area contributed by atoms with E-state index in [0.29, 0.717) is 0 Å². The van der Waals surface area contributed by atoms with Crippen molar-refractivity contribution in [3.05, 3.63) is 72.8 Å². The largest absolute Gasteiger partial charge is 0.463 e. The van der Waals surface area contributed by atoms with Crippen LogP contribution in [-0.2, 0) is 33.0 Å². The minimum absolute atomic E-state index is 0.100. The van der Waals surface area contributed by atoms with Crippen LogP contribution in [0.5, 0.6) is 0 Å². The molecule has 7 nitrogen and oxygen atoms in total. The minimum atomic E-state index is -2.81. The van der Waals surface area contributed by atoms with Crippen LogP contribution in [0.25, 0.3) is 0 Å². The quantitative estimate of drug-likeness (QED) is 0.199. The smallest absolute Gasteiger partial charge is 0.303 e. The van der Waals surface area contributed by atoms with Gasteiger partial charge < -0.3 is 23.4 Å². The molecule has 4 atom stereocenters. The van der Waals surface area contributed by atoms with Gasteiger partial charge in [0.25, 0.3) is 8.32 Å². The van der Waals surface area contributed by atoms with Crippen molar-refractivity contribution in [1.29, 1.82) is 0 Å². The fourth-order valence-electron chi connectivity index (χ4n) is 4.59. The first-order chi connectivity index (χ1) is 18.1. The minimum Gasteiger partial charge on any atom is -0.463 e. The summed E-state index contributed by atoms with van der Waals surface area (Å²) in [5.74, 6) is 1.73. The van der Waals surface area contributed by atoms with Crippen molar-refractivity contribution in [3.63, 3.8) is 0 Å². The van der Waals surface area contributed by atoms with Crippen molar-refractivity contribution in [3.8, 4) is 12.3 Å². The van der Waals surface area contributed by atoms with Crippen LogP contribution in [0.15, 0.2) is 72.8 Å². The summed E-state index contributed by atoms with van der Waals surface area (Å²) in [7, 11) is -2.81. The van der Waals surface area contributed by atoms with E-state index in [2.05, 4.69) is 51.0 Å². The molecule has 0 aliphatic carbocycles. The maximum Gasteiger partial charge on any atom is 0.303 e. The van der Waals surface area contributed by atoms with Gasteiger partial charge in [-0.2, -0.15) is 0 Å². The molecule has 2 unspecified atom stereocenters. The molecule has 2 aromatic rings. The number of esters is 2. The molecule has 1 heterocycles. The van der Waals surface area contributed by atoms with Crippen molar-refractivity contribution in [2.24, 2.45) is 0 Å². The first kappa shape index (κ1) is 29.3. The summed E-state index contributed by atoms with van der Waals surface area (Å²) in [4.78, 5) is 22.8. The zero-order chi connectivity index (χ0) is 27.8. The molecule has 0 radical (unpaired) electrons. The van der Waals surface area contributed by atoms with Crippen molar-refractivity contribution < 1.29 is 33.0 Å². The molecular weight excluding hydrogens is 500 g/mol. The number of hydrogen-bond acceptors (Lipinski definition) is 7.